The first-order valence-electron chi connectivity index (χ1n) is 5.92. The van der Waals surface area contributed by atoms with Crippen LogP contribution in [0.3, 0.4) is 0 Å². The maximum Gasteiger partial charge on any atom is 0.442 e. The molecule has 0 amide bonds. The molecule has 0 unspecified atom stereocenters. The Kier molecular flexibility index (Phi) is 3.03. The van der Waals surface area contributed by atoms with Crippen molar-refractivity contribution >= 4 is 22.8 Å². The summed E-state index contributed by atoms with van der Waals surface area (Å²) >= 11 is 0. The molecule has 0 aliphatic heterocycles. The van der Waals surface area contributed by atoms with E-state index in [4.69, 9.17) is 4.74 Å². The van der Waals surface area contributed by atoms with Crippen molar-refractivity contribution in [1.29, 1.82) is 0 Å². The average Bonchev–Trinajstić information content (AvgIpc) is 2.92. The summed E-state index contributed by atoms with van der Waals surface area (Å²) in [7, 11) is 0. The highest BCUT2D eigenvalue weighted by Gasteiger charge is 2.14. The zero-order valence-corrected chi connectivity index (χ0v) is 10.5. The van der Waals surface area contributed by atoms with Gasteiger partial charge in [0.25, 0.3) is 5.69 Å². The van der Waals surface area contributed by atoms with E-state index in [1.807, 2.05) is 0 Å². The summed E-state index contributed by atoms with van der Waals surface area (Å²) in [5.74, 6) is 0.185. The zero-order chi connectivity index (χ0) is 14.8. The SMILES string of the molecule is O=C(Oc1ccc([N+](=O)[O-])cc1)n1nnc2ccccc21. The third-order valence-corrected chi connectivity index (χ3v) is 2.78. The fraction of sp³-hybridized carbons (Fsp3) is 0. The Bertz CT molecular complexity index is 826. The van der Waals surface area contributed by atoms with Gasteiger partial charge in [0, 0.05) is 12.1 Å². The van der Waals surface area contributed by atoms with Gasteiger partial charge in [0.1, 0.15) is 16.8 Å². The van der Waals surface area contributed by atoms with E-state index in [0.717, 1.165) is 4.68 Å². The van der Waals surface area contributed by atoms with Crippen LogP contribution in [0.2, 0.25) is 0 Å². The minimum Gasteiger partial charge on any atom is -0.409 e. The van der Waals surface area contributed by atoms with Crippen LogP contribution in [-0.2, 0) is 0 Å². The lowest BCUT2D eigenvalue weighted by molar-refractivity contribution is -0.384. The van der Waals surface area contributed by atoms with Crippen molar-refractivity contribution in [2.45, 2.75) is 0 Å². The van der Waals surface area contributed by atoms with Crippen molar-refractivity contribution in [2.75, 3.05) is 0 Å². The molecule has 21 heavy (non-hydrogen) atoms. The summed E-state index contributed by atoms with van der Waals surface area (Å²) in [6.07, 6.45) is -0.738. The fourth-order valence-corrected chi connectivity index (χ4v) is 1.78. The van der Waals surface area contributed by atoms with E-state index in [1.54, 1.807) is 24.3 Å². The largest absolute Gasteiger partial charge is 0.442 e. The zero-order valence-electron chi connectivity index (χ0n) is 10.5. The third-order valence-electron chi connectivity index (χ3n) is 2.78. The van der Waals surface area contributed by atoms with E-state index in [2.05, 4.69) is 10.3 Å². The van der Waals surface area contributed by atoms with Gasteiger partial charge in [-0.15, -0.1) is 9.78 Å². The van der Waals surface area contributed by atoms with Gasteiger partial charge in [-0.05, 0) is 24.3 Å². The number of nitrogens with zero attached hydrogens (tertiary/aromatic N) is 4. The van der Waals surface area contributed by atoms with Crippen LogP contribution in [0, 0.1) is 10.1 Å². The molecular weight excluding hydrogens is 276 g/mol. The first-order valence-corrected chi connectivity index (χ1v) is 5.92. The smallest absolute Gasteiger partial charge is 0.409 e. The van der Waals surface area contributed by atoms with Gasteiger partial charge in [0.2, 0.25) is 0 Å². The first-order chi connectivity index (χ1) is 10.1. The van der Waals surface area contributed by atoms with Crippen molar-refractivity contribution in [3.05, 3.63) is 58.6 Å². The van der Waals surface area contributed by atoms with Gasteiger partial charge < -0.3 is 4.74 Å². The van der Waals surface area contributed by atoms with Crippen molar-refractivity contribution in [2.24, 2.45) is 0 Å². The topological polar surface area (TPSA) is 100 Å². The van der Waals surface area contributed by atoms with Crippen LogP contribution >= 0.6 is 0 Å². The molecule has 0 bridgehead atoms. The Morgan fingerprint density at radius 2 is 1.86 bits per heavy atom. The molecule has 0 radical (unpaired) electrons. The maximum absolute atomic E-state index is 12.0. The number of nitro benzene ring substituents is 1. The van der Waals surface area contributed by atoms with Gasteiger partial charge in [0.15, 0.2) is 0 Å². The molecule has 0 aliphatic rings. The van der Waals surface area contributed by atoms with Gasteiger partial charge in [-0.3, -0.25) is 10.1 Å². The number of carbonyl (C=O) groups excluding carboxylic acids is 1. The maximum atomic E-state index is 12.0. The summed E-state index contributed by atoms with van der Waals surface area (Å²) in [5.41, 5.74) is 1.00. The number of ether oxygens (including phenoxy) is 1. The van der Waals surface area contributed by atoms with Crippen LogP contribution in [0.1, 0.15) is 0 Å². The molecule has 104 valence electrons. The molecule has 3 rings (SSSR count). The summed E-state index contributed by atoms with van der Waals surface area (Å²) in [5, 5.41) is 18.1. The standard InChI is InChI=1S/C13H8N4O4/c18-13(16-12-4-2-1-3-11(12)14-15-16)21-10-7-5-9(6-8-10)17(19)20/h1-8H. The number of nitro groups is 1. The van der Waals surface area contributed by atoms with Gasteiger partial charge in [-0.1, -0.05) is 17.3 Å². The minimum absolute atomic E-state index is 0.0824. The number of fused-ring (bicyclic) bond motifs is 1. The molecule has 0 atom stereocenters. The highest BCUT2D eigenvalue weighted by Crippen LogP contribution is 2.18. The van der Waals surface area contributed by atoms with E-state index < -0.39 is 11.0 Å². The molecular formula is C13H8N4O4. The summed E-state index contributed by atoms with van der Waals surface area (Å²) in [6.45, 7) is 0. The monoisotopic (exact) mass is 284 g/mol. The Morgan fingerprint density at radius 1 is 1.14 bits per heavy atom. The number of hydrogen-bond acceptors (Lipinski definition) is 6. The number of rotatable bonds is 2. The molecule has 0 fully saturated rings. The quantitative estimate of drug-likeness (QED) is 0.529. The molecule has 8 nitrogen and oxygen atoms in total. The van der Waals surface area contributed by atoms with Gasteiger partial charge in [-0.2, -0.15) is 0 Å². The van der Waals surface area contributed by atoms with Crippen LogP contribution in [0.15, 0.2) is 48.5 Å². The van der Waals surface area contributed by atoms with Crippen molar-refractivity contribution in [3.63, 3.8) is 0 Å². The van der Waals surface area contributed by atoms with E-state index in [-0.39, 0.29) is 11.4 Å². The van der Waals surface area contributed by atoms with Gasteiger partial charge >= 0.3 is 6.09 Å². The molecule has 0 aliphatic carbocycles. The van der Waals surface area contributed by atoms with E-state index in [1.165, 1.54) is 24.3 Å². The molecule has 0 saturated carbocycles. The molecule has 3 aromatic rings. The minimum atomic E-state index is -0.738. The lowest BCUT2D eigenvalue weighted by atomic mass is 10.3. The summed E-state index contributed by atoms with van der Waals surface area (Å²) in [6, 6.07) is 12.1. The Morgan fingerprint density at radius 3 is 2.57 bits per heavy atom. The summed E-state index contributed by atoms with van der Waals surface area (Å²) in [4.78, 5) is 22.0. The molecule has 1 heterocycles. The van der Waals surface area contributed by atoms with Crippen molar-refractivity contribution in [1.82, 2.24) is 15.0 Å². The highest BCUT2D eigenvalue weighted by molar-refractivity contribution is 5.85. The number of aromatic nitrogens is 3. The second-order valence-corrected chi connectivity index (χ2v) is 4.11. The molecule has 2 aromatic carbocycles. The van der Waals surface area contributed by atoms with Crippen molar-refractivity contribution in [3.8, 4) is 5.75 Å². The molecule has 1 aromatic heterocycles. The van der Waals surface area contributed by atoms with Crippen LogP contribution in [0.25, 0.3) is 11.0 Å². The summed E-state index contributed by atoms with van der Waals surface area (Å²) < 4.78 is 6.13. The second-order valence-electron chi connectivity index (χ2n) is 4.11. The fourth-order valence-electron chi connectivity index (χ4n) is 1.78. The first kappa shape index (κ1) is 12.7. The van der Waals surface area contributed by atoms with Gasteiger partial charge in [0.05, 0.1) is 4.92 Å². The predicted octanol–water partition coefficient (Wildman–Crippen LogP) is 2.39. The average molecular weight is 284 g/mol. The highest BCUT2D eigenvalue weighted by atomic mass is 16.6. The molecule has 0 spiro atoms. The van der Waals surface area contributed by atoms with Crippen LogP contribution in [-0.4, -0.2) is 26.0 Å². The number of benzene rings is 2. The number of carbonyl (C=O) groups is 1. The Labute approximate surface area is 117 Å². The van der Waals surface area contributed by atoms with Crippen LogP contribution in [0.4, 0.5) is 10.5 Å². The Balaban J connectivity index is 1.84. The molecule has 0 N–H and O–H groups in total. The predicted molar refractivity (Wildman–Crippen MR) is 72.0 cm³/mol. The Hall–Kier alpha value is -3.29. The molecule has 8 heteroatoms. The third kappa shape index (κ3) is 2.41. The van der Waals surface area contributed by atoms with Crippen molar-refractivity contribution < 1.29 is 14.5 Å². The second kappa shape index (κ2) is 5.00. The number of non-ortho nitro benzene ring substituents is 1. The van der Waals surface area contributed by atoms with Crippen LogP contribution in [0.5, 0.6) is 5.75 Å². The lowest BCUT2D eigenvalue weighted by Gasteiger charge is -2.03. The number of para-hydroxylation sites is 1. The lowest BCUT2D eigenvalue weighted by Crippen LogP contribution is -2.18. The van der Waals surface area contributed by atoms with E-state index in [0.29, 0.717) is 11.0 Å². The van der Waals surface area contributed by atoms with E-state index >= 15 is 0 Å². The van der Waals surface area contributed by atoms with Crippen LogP contribution < -0.4 is 4.74 Å². The molecule has 0 saturated heterocycles. The van der Waals surface area contributed by atoms with E-state index in [9.17, 15) is 14.9 Å². The van der Waals surface area contributed by atoms with Gasteiger partial charge in [-0.25, -0.2) is 4.79 Å². The number of hydrogen-bond donors (Lipinski definition) is 0. The normalized spacial score (nSPS) is 10.5.